The molecule has 1 atom stereocenters. The molecule has 10 heteroatoms. The van der Waals surface area contributed by atoms with Crippen LogP contribution in [0, 0.1) is 13.8 Å². The molecule has 0 bridgehead atoms. The van der Waals surface area contributed by atoms with Crippen molar-refractivity contribution in [3.05, 3.63) is 81.7 Å². The van der Waals surface area contributed by atoms with Crippen molar-refractivity contribution in [3.8, 4) is 11.6 Å². The summed E-state index contributed by atoms with van der Waals surface area (Å²) in [6, 6.07) is 12.1. The fraction of sp³-hybridized carbons (Fsp3) is 0.375. The van der Waals surface area contributed by atoms with Gasteiger partial charge in [0, 0.05) is 42.5 Å². The number of fused-ring (bicyclic) bond motifs is 3. The van der Waals surface area contributed by atoms with Crippen LogP contribution >= 0.6 is 11.3 Å². The highest BCUT2D eigenvalue weighted by atomic mass is 32.1. The lowest BCUT2D eigenvalue weighted by atomic mass is 9.85. The molecule has 0 radical (unpaired) electrons. The number of hydrogen-bond donors (Lipinski definition) is 1. The van der Waals surface area contributed by atoms with Crippen LogP contribution in [0.15, 0.2) is 48.0 Å². The number of benzene rings is 1. The summed E-state index contributed by atoms with van der Waals surface area (Å²) in [5.74, 6) is 1.14. The SMILES string of the molecule is CCOC(=O)CC(c1cc(CN2Cc3nc(O)ccc3OC3(CC3)C2)c2sccc2c1)c1ccn2c(C)nnc2c1C. The molecule has 0 amide bonds. The molecular weight excluding hydrogens is 550 g/mol. The monoisotopic (exact) mass is 583 g/mol. The number of ether oxygens (including phenoxy) is 2. The van der Waals surface area contributed by atoms with E-state index in [0.717, 1.165) is 64.4 Å². The summed E-state index contributed by atoms with van der Waals surface area (Å²) in [6.45, 7) is 8.22. The number of pyridine rings is 2. The number of esters is 1. The van der Waals surface area contributed by atoms with E-state index >= 15 is 0 Å². The quantitative estimate of drug-likeness (QED) is 0.245. The zero-order valence-electron chi connectivity index (χ0n) is 24.0. The number of aromatic nitrogens is 4. The van der Waals surface area contributed by atoms with Gasteiger partial charge in [0.25, 0.3) is 0 Å². The van der Waals surface area contributed by atoms with E-state index < -0.39 is 0 Å². The molecule has 216 valence electrons. The first-order valence-electron chi connectivity index (χ1n) is 14.4. The van der Waals surface area contributed by atoms with Gasteiger partial charge in [0.2, 0.25) is 5.88 Å². The van der Waals surface area contributed by atoms with Crippen molar-refractivity contribution in [2.45, 2.75) is 64.6 Å². The topological polar surface area (TPSA) is 102 Å². The molecule has 1 aliphatic heterocycles. The lowest BCUT2D eigenvalue weighted by molar-refractivity contribution is -0.143. The van der Waals surface area contributed by atoms with Gasteiger partial charge < -0.3 is 14.6 Å². The molecule has 1 N–H and O–H groups in total. The van der Waals surface area contributed by atoms with Crippen molar-refractivity contribution in [3.63, 3.8) is 0 Å². The highest BCUT2D eigenvalue weighted by molar-refractivity contribution is 7.17. The second kappa shape index (κ2) is 10.4. The van der Waals surface area contributed by atoms with Gasteiger partial charge in [-0.15, -0.1) is 21.5 Å². The predicted molar refractivity (Wildman–Crippen MR) is 160 cm³/mol. The molecule has 0 saturated heterocycles. The van der Waals surface area contributed by atoms with Crippen LogP contribution in [0.4, 0.5) is 0 Å². The van der Waals surface area contributed by atoms with Crippen LogP contribution in [-0.4, -0.2) is 54.3 Å². The lowest BCUT2D eigenvalue weighted by Gasteiger charge is -2.25. The number of thiophene rings is 1. The van der Waals surface area contributed by atoms with Gasteiger partial charge in [0.1, 0.15) is 22.9 Å². The number of carbonyl (C=O) groups is 1. The zero-order chi connectivity index (χ0) is 29.0. The summed E-state index contributed by atoms with van der Waals surface area (Å²) >= 11 is 1.73. The maximum absolute atomic E-state index is 13.0. The van der Waals surface area contributed by atoms with E-state index in [1.54, 1.807) is 17.4 Å². The highest BCUT2D eigenvalue weighted by Gasteiger charge is 2.48. The van der Waals surface area contributed by atoms with Crippen LogP contribution in [-0.2, 0) is 22.6 Å². The fourth-order valence-electron chi connectivity index (χ4n) is 6.26. The van der Waals surface area contributed by atoms with Crippen LogP contribution in [0.1, 0.15) is 65.9 Å². The molecule has 1 aliphatic carbocycles. The van der Waals surface area contributed by atoms with Gasteiger partial charge in [-0.2, -0.15) is 0 Å². The van der Waals surface area contributed by atoms with Crippen molar-refractivity contribution in [2.24, 2.45) is 0 Å². The van der Waals surface area contributed by atoms with E-state index in [4.69, 9.17) is 9.47 Å². The summed E-state index contributed by atoms with van der Waals surface area (Å²) in [4.78, 5) is 19.7. The Morgan fingerprint density at radius 3 is 2.86 bits per heavy atom. The van der Waals surface area contributed by atoms with Gasteiger partial charge >= 0.3 is 5.97 Å². The standard InChI is InChI=1S/C32H33N5O4S/c1-4-40-29(39)15-25(24-7-11-37-20(3)34-35-31(37)19(24)2)22-13-21-8-12-42-30(21)23(14-22)16-36-17-26-27(5-6-28(38)33-26)41-32(18-36)9-10-32/h5-8,11-14,25H,4,9-10,15-18H2,1-3H3,(H,33,38). The average molecular weight is 584 g/mol. The Morgan fingerprint density at radius 2 is 2.05 bits per heavy atom. The van der Waals surface area contributed by atoms with E-state index in [2.05, 4.69) is 49.7 Å². The van der Waals surface area contributed by atoms with Crippen molar-refractivity contribution in [2.75, 3.05) is 13.2 Å². The average Bonchev–Trinajstić information content (AvgIpc) is 3.38. The summed E-state index contributed by atoms with van der Waals surface area (Å²) in [7, 11) is 0. The number of hydrogen-bond acceptors (Lipinski definition) is 9. The molecule has 4 aromatic heterocycles. The van der Waals surface area contributed by atoms with Gasteiger partial charge in [-0.05, 0) is 90.9 Å². The minimum absolute atomic E-state index is 0.00343. The molecule has 42 heavy (non-hydrogen) atoms. The zero-order valence-corrected chi connectivity index (χ0v) is 24.8. The van der Waals surface area contributed by atoms with E-state index in [0.29, 0.717) is 19.7 Å². The highest BCUT2D eigenvalue weighted by Crippen LogP contribution is 2.45. The second-order valence-electron chi connectivity index (χ2n) is 11.5. The molecule has 2 aliphatic rings. The molecule has 1 spiro atoms. The van der Waals surface area contributed by atoms with Crippen molar-refractivity contribution < 1.29 is 19.4 Å². The molecule has 5 aromatic rings. The Balaban J connectivity index is 1.30. The fourth-order valence-corrected chi connectivity index (χ4v) is 7.15. The van der Waals surface area contributed by atoms with Gasteiger partial charge in [-0.1, -0.05) is 6.07 Å². The van der Waals surface area contributed by atoms with Gasteiger partial charge in [0.05, 0.1) is 13.0 Å². The second-order valence-corrected chi connectivity index (χ2v) is 12.4. The normalized spacial score (nSPS) is 16.7. The van der Waals surface area contributed by atoms with Crippen LogP contribution < -0.4 is 4.74 Å². The number of nitrogens with zero attached hydrogens (tertiary/aromatic N) is 5. The summed E-state index contributed by atoms with van der Waals surface area (Å²) < 4.78 is 15.1. The smallest absolute Gasteiger partial charge is 0.306 e. The van der Waals surface area contributed by atoms with E-state index in [1.165, 1.54) is 10.3 Å². The van der Waals surface area contributed by atoms with Crippen LogP contribution in [0.25, 0.3) is 15.7 Å². The molecule has 7 rings (SSSR count). The third-order valence-corrected chi connectivity index (χ3v) is 9.48. The molecule has 1 unspecified atom stereocenters. The van der Waals surface area contributed by atoms with Crippen LogP contribution in [0.5, 0.6) is 11.6 Å². The van der Waals surface area contributed by atoms with Crippen molar-refractivity contribution in [1.82, 2.24) is 24.5 Å². The Hall–Kier alpha value is -4.02. The summed E-state index contributed by atoms with van der Waals surface area (Å²) in [6.07, 6.45) is 4.22. The van der Waals surface area contributed by atoms with Gasteiger partial charge in [0.15, 0.2) is 5.65 Å². The number of carbonyl (C=O) groups excluding carboxylic acids is 1. The Bertz CT molecular complexity index is 1820. The molecule has 5 heterocycles. The Kier molecular flexibility index (Phi) is 6.62. The number of rotatable bonds is 7. The van der Waals surface area contributed by atoms with Crippen LogP contribution in [0.3, 0.4) is 0 Å². The molecule has 1 fully saturated rings. The largest absolute Gasteiger partial charge is 0.493 e. The first kappa shape index (κ1) is 26.9. The van der Waals surface area contributed by atoms with Gasteiger partial charge in [-0.3, -0.25) is 14.1 Å². The van der Waals surface area contributed by atoms with Crippen LogP contribution in [0.2, 0.25) is 0 Å². The maximum atomic E-state index is 13.0. The van der Waals surface area contributed by atoms with Crippen molar-refractivity contribution in [1.29, 1.82) is 0 Å². The van der Waals surface area contributed by atoms with E-state index in [-0.39, 0.29) is 29.8 Å². The van der Waals surface area contributed by atoms with E-state index in [1.807, 2.05) is 37.4 Å². The third-order valence-electron chi connectivity index (χ3n) is 8.47. The van der Waals surface area contributed by atoms with E-state index in [9.17, 15) is 9.90 Å². The summed E-state index contributed by atoms with van der Waals surface area (Å²) in [5, 5.41) is 22.0. The lowest BCUT2D eigenvalue weighted by Crippen LogP contribution is -2.34. The third kappa shape index (κ3) is 4.88. The number of aryl methyl sites for hydroxylation is 2. The first-order valence-corrected chi connectivity index (χ1v) is 15.3. The maximum Gasteiger partial charge on any atom is 0.306 e. The molecule has 9 nitrogen and oxygen atoms in total. The molecular formula is C32H33N5O4S. The molecule has 1 saturated carbocycles. The number of aromatic hydroxyl groups is 1. The molecule has 1 aromatic carbocycles. The Labute approximate surface area is 247 Å². The van der Waals surface area contributed by atoms with Crippen molar-refractivity contribution >= 4 is 33.0 Å². The minimum atomic E-state index is -0.228. The predicted octanol–water partition coefficient (Wildman–Crippen LogP) is 5.67. The Morgan fingerprint density at radius 1 is 1.19 bits per heavy atom. The first-order chi connectivity index (χ1) is 20.3. The van der Waals surface area contributed by atoms with Gasteiger partial charge in [-0.25, -0.2) is 4.98 Å². The minimum Gasteiger partial charge on any atom is -0.493 e. The summed E-state index contributed by atoms with van der Waals surface area (Å²) in [5.41, 5.74) is 5.65.